The van der Waals surface area contributed by atoms with Gasteiger partial charge in [0.2, 0.25) is 0 Å². The van der Waals surface area contributed by atoms with Crippen molar-refractivity contribution < 1.29 is 19.1 Å². The standard InChI is InChI=1S/C23H44O4/c1-4-6-8-9-10-11-12-13-14-15-17-19-26-22(24)20-23(25)27-21(3)18-16-7-5-2/h21H,4-20H2,1-3H3. The molecule has 0 aliphatic rings. The van der Waals surface area contributed by atoms with Crippen LogP contribution in [0.3, 0.4) is 0 Å². The molecule has 0 aromatic rings. The number of carbonyl (C=O) groups excluding carboxylic acids is 2. The van der Waals surface area contributed by atoms with Crippen LogP contribution in [0.1, 0.15) is 124 Å². The lowest BCUT2D eigenvalue weighted by atomic mass is 10.1. The van der Waals surface area contributed by atoms with E-state index in [-0.39, 0.29) is 12.5 Å². The van der Waals surface area contributed by atoms with Crippen LogP contribution in [0.2, 0.25) is 0 Å². The largest absolute Gasteiger partial charge is 0.465 e. The fraction of sp³-hybridized carbons (Fsp3) is 0.913. The number of carbonyl (C=O) groups is 2. The molecule has 0 heterocycles. The molecule has 0 aromatic heterocycles. The average Bonchev–Trinajstić information content (AvgIpc) is 2.62. The van der Waals surface area contributed by atoms with Crippen LogP contribution >= 0.6 is 0 Å². The first-order chi connectivity index (χ1) is 13.1. The molecule has 4 nitrogen and oxygen atoms in total. The Morgan fingerprint density at radius 2 is 1.15 bits per heavy atom. The third-order valence-electron chi connectivity index (χ3n) is 4.85. The first kappa shape index (κ1) is 25.9. The van der Waals surface area contributed by atoms with Crippen LogP contribution in [0.15, 0.2) is 0 Å². The molecule has 160 valence electrons. The van der Waals surface area contributed by atoms with E-state index in [0.29, 0.717) is 6.61 Å². The fourth-order valence-electron chi connectivity index (χ4n) is 3.13. The topological polar surface area (TPSA) is 52.6 Å². The smallest absolute Gasteiger partial charge is 0.317 e. The van der Waals surface area contributed by atoms with Crippen LogP contribution in [-0.4, -0.2) is 24.6 Å². The average molecular weight is 385 g/mol. The quantitative estimate of drug-likeness (QED) is 0.140. The van der Waals surface area contributed by atoms with Crippen molar-refractivity contribution >= 4 is 11.9 Å². The van der Waals surface area contributed by atoms with Crippen LogP contribution in [0.4, 0.5) is 0 Å². The molecule has 0 rings (SSSR count). The van der Waals surface area contributed by atoms with E-state index in [0.717, 1.165) is 38.5 Å². The van der Waals surface area contributed by atoms with Gasteiger partial charge >= 0.3 is 11.9 Å². The second-order valence-corrected chi connectivity index (χ2v) is 7.73. The predicted octanol–water partition coefficient (Wildman–Crippen LogP) is 6.74. The molecule has 0 amide bonds. The van der Waals surface area contributed by atoms with E-state index in [1.54, 1.807) is 0 Å². The molecule has 0 N–H and O–H groups in total. The van der Waals surface area contributed by atoms with E-state index < -0.39 is 11.9 Å². The number of hydrogen-bond donors (Lipinski definition) is 0. The monoisotopic (exact) mass is 384 g/mol. The summed E-state index contributed by atoms with van der Waals surface area (Å²) in [6.07, 6.45) is 17.7. The van der Waals surface area contributed by atoms with E-state index in [1.807, 2.05) is 6.92 Å². The van der Waals surface area contributed by atoms with Gasteiger partial charge in [-0.2, -0.15) is 0 Å². The Bertz CT molecular complexity index is 354. The van der Waals surface area contributed by atoms with Gasteiger partial charge in [0.05, 0.1) is 12.7 Å². The summed E-state index contributed by atoms with van der Waals surface area (Å²) < 4.78 is 10.4. The molecule has 1 atom stereocenters. The van der Waals surface area contributed by atoms with Gasteiger partial charge in [0, 0.05) is 0 Å². The maximum atomic E-state index is 11.7. The molecule has 0 saturated heterocycles. The highest BCUT2D eigenvalue weighted by Gasteiger charge is 2.14. The minimum absolute atomic E-state index is 0.122. The van der Waals surface area contributed by atoms with Gasteiger partial charge in [-0.15, -0.1) is 0 Å². The summed E-state index contributed by atoms with van der Waals surface area (Å²) in [6, 6.07) is 0. The fourth-order valence-corrected chi connectivity index (χ4v) is 3.13. The Morgan fingerprint density at radius 1 is 0.667 bits per heavy atom. The summed E-state index contributed by atoms with van der Waals surface area (Å²) in [7, 11) is 0. The lowest BCUT2D eigenvalue weighted by Gasteiger charge is -2.12. The molecule has 27 heavy (non-hydrogen) atoms. The molecule has 1 unspecified atom stereocenters. The van der Waals surface area contributed by atoms with Crippen LogP contribution in [0.5, 0.6) is 0 Å². The van der Waals surface area contributed by atoms with Crippen LogP contribution in [-0.2, 0) is 19.1 Å². The van der Waals surface area contributed by atoms with E-state index in [9.17, 15) is 9.59 Å². The summed E-state index contributed by atoms with van der Waals surface area (Å²) in [5.41, 5.74) is 0. The Labute approximate surface area is 167 Å². The molecule has 0 fully saturated rings. The highest BCUT2D eigenvalue weighted by atomic mass is 16.6. The molecule has 0 aliphatic heterocycles. The van der Waals surface area contributed by atoms with Crippen molar-refractivity contribution in [1.82, 2.24) is 0 Å². The van der Waals surface area contributed by atoms with Gasteiger partial charge in [0.25, 0.3) is 0 Å². The van der Waals surface area contributed by atoms with Crippen molar-refractivity contribution in [3.8, 4) is 0 Å². The zero-order valence-corrected chi connectivity index (χ0v) is 18.2. The van der Waals surface area contributed by atoms with Crippen molar-refractivity contribution in [2.45, 2.75) is 130 Å². The SMILES string of the molecule is CCCCCCCCCCCCCOC(=O)CC(=O)OC(C)CCCCC. The zero-order valence-electron chi connectivity index (χ0n) is 18.2. The van der Waals surface area contributed by atoms with E-state index >= 15 is 0 Å². The third kappa shape index (κ3) is 19.5. The van der Waals surface area contributed by atoms with Gasteiger partial charge in [0.1, 0.15) is 6.42 Å². The maximum absolute atomic E-state index is 11.7. The predicted molar refractivity (Wildman–Crippen MR) is 112 cm³/mol. The van der Waals surface area contributed by atoms with Gasteiger partial charge in [-0.1, -0.05) is 90.9 Å². The van der Waals surface area contributed by atoms with Gasteiger partial charge in [-0.3, -0.25) is 9.59 Å². The Balaban J connectivity index is 3.41. The maximum Gasteiger partial charge on any atom is 0.317 e. The van der Waals surface area contributed by atoms with Gasteiger partial charge < -0.3 is 9.47 Å². The molecular weight excluding hydrogens is 340 g/mol. The van der Waals surface area contributed by atoms with Crippen molar-refractivity contribution in [3.63, 3.8) is 0 Å². The number of rotatable bonds is 19. The molecule has 0 saturated carbocycles. The first-order valence-electron chi connectivity index (χ1n) is 11.4. The summed E-state index contributed by atoms with van der Waals surface area (Å²) in [6.45, 7) is 6.68. The van der Waals surface area contributed by atoms with Gasteiger partial charge in [-0.25, -0.2) is 0 Å². The number of esters is 2. The minimum atomic E-state index is -0.470. The lowest BCUT2D eigenvalue weighted by Crippen LogP contribution is -2.19. The number of hydrogen-bond acceptors (Lipinski definition) is 4. The molecule has 0 aliphatic carbocycles. The summed E-state index contributed by atoms with van der Waals surface area (Å²) in [5, 5.41) is 0. The molecule has 0 bridgehead atoms. The molecular formula is C23H44O4. The molecule has 0 spiro atoms. The normalized spacial score (nSPS) is 12.0. The van der Waals surface area contributed by atoms with Gasteiger partial charge in [0.15, 0.2) is 0 Å². The van der Waals surface area contributed by atoms with Crippen LogP contribution in [0.25, 0.3) is 0 Å². The number of ether oxygens (including phenoxy) is 2. The highest BCUT2D eigenvalue weighted by Crippen LogP contribution is 2.11. The van der Waals surface area contributed by atoms with Crippen molar-refractivity contribution in [3.05, 3.63) is 0 Å². The summed E-state index contributed by atoms with van der Waals surface area (Å²) >= 11 is 0. The molecule has 0 radical (unpaired) electrons. The van der Waals surface area contributed by atoms with E-state index in [4.69, 9.17) is 9.47 Å². The Kier molecular flexibility index (Phi) is 18.9. The summed E-state index contributed by atoms with van der Waals surface area (Å²) in [4.78, 5) is 23.3. The van der Waals surface area contributed by atoms with Crippen molar-refractivity contribution in [2.75, 3.05) is 6.61 Å². The van der Waals surface area contributed by atoms with Crippen molar-refractivity contribution in [2.24, 2.45) is 0 Å². The second kappa shape index (κ2) is 19.7. The summed E-state index contributed by atoms with van der Waals surface area (Å²) in [5.74, 6) is -0.934. The highest BCUT2D eigenvalue weighted by molar-refractivity contribution is 5.91. The van der Waals surface area contributed by atoms with E-state index in [1.165, 1.54) is 57.8 Å². The Hall–Kier alpha value is -1.06. The van der Waals surface area contributed by atoms with E-state index in [2.05, 4.69) is 13.8 Å². The first-order valence-corrected chi connectivity index (χ1v) is 11.4. The van der Waals surface area contributed by atoms with Crippen LogP contribution in [0, 0.1) is 0 Å². The molecule has 4 heteroatoms. The third-order valence-corrected chi connectivity index (χ3v) is 4.85. The van der Waals surface area contributed by atoms with Crippen molar-refractivity contribution in [1.29, 1.82) is 0 Å². The van der Waals surface area contributed by atoms with Crippen LogP contribution < -0.4 is 0 Å². The second-order valence-electron chi connectivity index (χ2n) is 7.73. The zero-order chi connectivity index (χ0) is 20.2. The van der Waals surface area contributed by atoms with Gasteiger partial charge in [-0.05, 0) is 26.2 Å². The molecule has 0 aromatic carbocycles. The minimum Gasteiger partial charge on any atom is -0.465 e. The lowest BCUT2D eigenvalue weighted by molar-refractivity contribution is -0.157. The Morgan fingerprint density at radius 3 is 1.70 bits per heavy atom. The number of unbranched alkanes of at least 4 members (excludes halogenated alkanes) is 12.